The summed E-state index contributed by atoms with van der Waals surface area (Å²) in [4.78, 5) is 91.0. The van der Waals surface area contributed by atoms with Gasteiger partial charge in [0.15, 0.2) is 0 Å². The molecule has 7 rings (SSSR count). The number of nitrogens with zero attached hydrogens (tertiary/aromatic N) is 3. The van der Waals surface area contributed by atoms with Crippen molar-refractivity contribution < 1.29 is 57.2 Å². The van der Waals surface area contributed by atoms with Crippen LogP contribution < -0.4 is 30.2 Å². The molecule has 0 saturated heterocycles. The van der Waals surface area contributed by atoms with Crippen molar-refractivity contribution in [1.29, 1.82) is 0 Å². The summed E-state index contributed by atoms with van der Waals surface area (Å²) in [6.07, 6.45) is 0.359. The summed E-state index contributed by atoms with van der Waals surface area (Å²) in [6, 6.07) is 42.2. The van der Waals surface area contributed by atoms with Gasteiger partial charge in [0.2, 0.25) is 0 Å². The first kappa shape index (κ1) is 53.4. The highest BCUT2D eigenvalue weighted by atomic mass is 16.5. The molecule has 3 N–H and O–H groups in total. The van der Waals surface area contributed by atoms with Gasteiger partial charge in [0.05, 0.1) is 19.8 Å². The molecule has 0 aliphatic rings. The van der Waals surface area contributed by atoms with Gasteiger partial charge in [-0.2, -0.15) is 0 Å². The number of nitrogens with one attached hydrogen (secondary N) is 3. The minimum atomic E-state index is -0.977. The minimum absolute atomic E-state index is 0.120. The molecule has 0 spiro atoms. The van der Waals surface area contributed by atoms with Crippen molar-refractivity contribution in [3.05, 3.63) is 197 Å². The van der Waals surface area contributed by atoms with E-state index >= 15 is 0 Å². The van der Waals surface area contributed by atoms with Crippen LogP contribution in [0.15, 0.2) is 164 Å². The molecular formula is C57H54N6O12. The number of esters is 3. The van der Waals surface area contributed by atoms with Gasteiger partial charge < -0.3 is 44.4 Å². The maximum atomic E-state index is 13.0. The van der Waals surface area contributed by atoms with Crippen LogP contribution in [0, 0.1) is 0 Å². The Bertz CT molecular complexity index is 2680. The molecule has 3 atom stereocenters. The van der Waals surface area contributed by atoms with Crippen LogP contribution in [0.1, 0.15) is 68.5 Å². The van der Waals surface area contributed by atoms with E-state index in [1.165, 1.54) is 0 Å². The van der Waals surface area contributed by atoms with Crippen molar-refractivity contribution in [2.45, 2.75) is 58.2 Å². The van der Waals surface area contributed by atoms with Crippen LogP contribution in [0.25, 0.3) is 0 Å². The van der Waals surface area contributed by atoms with Crippen LogP contribution >= 0.6 is 0 Å². The summed E-state index contributed by atoms with van der Waals surface area (Å²) in [5.74, 6) is -2.15. The lowest BCUT2D eigenvalue weighted by Gasteiger charge is -2.18. The summed E-state index contributed by atoms with van der Waals surface area (Å²) in [6.45, 7) is 5.45. The van der Waals surface area contributed by atoms with E-state index in [4.69, 9.17) is 28.4 Å². The van der Waals surface area contributed by atoms with E-state index in [1.54, 1.807) is 185 Å². The summed E-state index contributed by atoms with van der Waals surface area (Å²) in [5, 5.41) is 8.31. The number of rotatable bonds is 24. The first-order valence-corrected chi connectivity index (χ1v) is 24.1. The van der Waals surface area contributed by atoms with Crippen molar-refractivity contribution in [2.75, 3.05) is 19.8 Å². The summed E-state index contributed by atoms with van der Waals surface area (Å²) in [7, 11) is 0. The smallest absolute Gasteiger partial charge is 0.331 e. The Balaban J connectivity index is 1.10. The lowest BCUT2D eigenvalue weighted by Crippen LogP contribution is -2.43. The molecule has 1 aromatic heterocycles. The molecular weight excluding hydrogens is 961 g/mol. The Morgan fingerprint density at radius 1 is 0.360 bits per heavy atom. The van der Waals surface area contributed by atoms with Gasteiger partial charge >= 0.3 is 35.9 Å². The molecule has 0 radical (unpaired) electrons. The van der Waals surface area contributed by atoms with Gasteiger partial charge in [-0.1, -0.05) is 91.0 Å². The Hall–Kier alpha value is -9.45. The average molecular weight is 1020 g/mol. The zero-order valence-corrected chi connectivity index (χ0v) is 41.3. The van der Waals surface area contributed by atoms with Crippen LogP contribution in [0.5, 0.6) is 35.3 Å². The highest BCUT2D eigenvalue weighted by Crippen LogP contribution is 2.28. The topological polar surface area (TPSA) is 233 Å². The monoisotopic (exact) mass is 1010 g/mol. The molecule has 3 amide bonds. The largest absolute Gasteiger partial charge is 0.464 e. The Kier molecular flexibility index (Phi) is 19.1. The number of aromatic nitrogens is 3. The van der Waals surface area contributed by atoms with Gasteiger partial charge in [0, 0.05) is 36.0 Å². The lowest BCUT2D eigenvalue weighted by molar-refractivity contribution is -0.146. The molecule has 1 heterocycles. The zero-order chi connectivity index (χ0) is 52.9. The molecule has 0 unspecified atom stereocenters. The standard InChI is InChI=1S/C57H54N6O12/c1-4-70-52(67)46(58-49(64)40-16-10-7-11-17-40)34-37-22-28-43(29-23-37)73-55-61-56(74-44-30-24-38(25-31-44)35-47(53(68)71-5-2)59-50(65)41-18-12-8-13-19-41)63-57(62-55)75-45-32-26-39(27-33-45)36-48(54(69)72-6-3)60-51(66)42-20-14-9-15-21-42/h7-33,46-48H,4-6,34-36H2,1-3H3,(H,58,64)(H,59,65)(H,60,66)/t46-,47-,48-/m0/s1. The third-order valence-electron chi connectivity index (χ3n) is 11.0. The molecule has 7 aromatic rings. The van der Waals surface area contributed by atoms with E-state index in [2.05, 4.69) is 30.9 Å². The summed E-state index contributed by atoms with van der Waals surface area (Å²) in [5.41, 5.74) is 3.23. The van der Waals surface area contributed by atoms with Crippen LogP contribution in [-0.4, -0.2) is 88.5 Å². The van der Waals surface area contributed by atoms with E-state index in [0.717, 1.165) is 0 Å². The molecule has 0 aliphatic heterocycles. The van der Waals surface area contributed by atoms with Crippen LogP contribution in [0.3, 0.4) is 0 Å². The fourth-order valence-electron chi connectivity index (χ4n) is 7.36. The highest BCUT2D eigenvalue weighted by molar-refractivity contribution is 5.98. The quantitative estimate of drug-likeness (QED) is 0.0385. The van der Waals surface area contributed by atoms with Crippen LogP contribution in [-0.2, 0) is 47.9 Å². The molecule has 384 valence electrons. The van der Waals surface area contributed by atoms with Crippen LogP contribution in [0.4, 0.5) is 0 Å². The maximum Gasteiger partial charge on any atom is 0.331 e. The molecule has 0 fully saturated rings. The Morgan fingerprint density at radius 2 is 0.600 bits per heavy atom. The van der Waals surface area contributed by atoms with E-state index < -0.39 is 53.8 Å². The Morgan fingerprint density at radius 3 is 0.827 bits per heavy atom. The highest BCUT2D eigenvalue weighted by Gasteiger charge is 2.26. The van der Waals surface area contributed by atoms with Crippen LogP contribution in [0.2, 0.25) is 0 Å². The average Bonchev–Trinajstić information content (AvgIpc) is 3.42. The van der Waals surface area contributed by atoms with Gasteiger partial charge in [-0.25, -0.2) is 14.4 Å². The summed E-state index contributed by atoms with van der Waals surface area (Å²) >= 11 is 0. The second-order valence-corrected chi connectivity index (χ2v) is 16.5. The number of carbonyl (C=O) groups is 6. The van der Waals surface area contributed by atoms with Crippen molar-refractivity contribution in [3.63, 3.8) is 0 Å². The van der Waals surface area contributed by atoms with Crippen molar-refractivity contribution in [2.24, 2.45) is 0 Å². The number of hydrogen-bond donors (Lipinski definition) is 3. The molecule has 0 bridgehead atoms. The summed E-state index contributed by atoms with van der Waals surface area (Å²) < 4.78 is 34.1. The van der Waals surface area contributed by atoms with Crippen molar-refractivity contribution in [3.8, 4) is 35.3 Å². The molecule has 18 heteroatoms. The third-order valence-corrected chi connectivity index (χ3v) is 11.0. The molecule has 0 aliphatic carbocycles. The normalized spacial score (nSPS) is 11.9. The first-order chi connectivity index (χ1) is 36.5. The van der Waals surface area contributed by atoms with E-state index in [9.17, 15) is 28.8 Å². The zero-order valence-electron chi connectivity index (χ0n) is 41.3. The maximum absolute atomic E-state index is 13.0. The molecule has 6 aromatic carbocycles. The van der Waals surface area contributed by atoms with E-state index in [-0.39, 0.29) is 57.1 Å². The van der Waals surface area contributed by atoms with Gasteiger partial charge in [0.1, 0.15) is 35.4 Å². The number of hydrogen-bond acceptors (Lipinski definition) is 15. The molecule has 18 nitrogen and oxygen atoms in total. The van der Waals surface area contributed by atoms with E-state index in [1.807, 2.05) is 0 Å². The molecule has 0 saturated carbocycles. The number of carbonyl (C=O) groups excluding carboxylic acids is 6. The predicted octanol–water partition coefficient (Wildman–Crippen LogP) is 7.96. The third kappa shape index (κ3) is 16.0. The fraction of sp³-hybridized carbons (Fsp3) is 0.211. The Labute approximate surface area is 432 Å². The SMILES string of the molecule is CCOC(=O)[C@H](Cc1ccc(Oc2nc(Oc3ccc(C[C@H](NC(=O)c4ccccc4)C(=O)OCC)cc3)nc(Oc3ccc(C[C@H](NC(=O)c4ccccc4)C(=O)OCC)cc3)n2)cc1)NC(=O)c1ccccc1. The van der Waals surface area contributed by atoms with Gasteiger partial charge in [-0.05, 0) is 110 Å². The van der Waals surface area contributed by atoms with Crippen molar-refractivity contribution >= 4 is 35.6 Å². The second kappa shape index (κ2) is 26.8. The number of ether oxygens (including phenoxy) is 6. The van der Waals surface area contributed by atoms with Gasteiger partial charge in [0.25, 0.3) is 17.7 Å². The minimum Gasteiger partial charge on any atom is -0.464 e. The number of benzene rings is 6. The predicted molar refractivity (Wildman–Crippen MR) is 273 cm³/mol. The van der Waals surface area contributed by atoms with Crippen molar-refractivity contribution in [1.82, 2.24) is 30.9 Å². The molecule has 75 heavy (non-hydrogen) atoms. The van der Waals surface area contributed by atoms with Gasteiger partial charge in [-0.3, -0.25) is 14.4 Å². The number of amides is 3. The lowest BCUT2D eigenvalue weighted by atomic mass is 10.0. The van der Waals surface area contributed by atoms with Gasteiger partial charge in [-0.15, -0.1) is 15.0 Å². The van der Waals surface area contributed by atoms with E-state index in [0.29, 0.717) is 50.6 Å². The fourth-order valence-corrected chi connectivity index (χ4v) is 7.36. The second-order valence-electron chi connectivity index (χ2n) is 16.5. The first-order valence-electron chi connectivity index (χ1n) is 24.1.